The number of rotatable bonds is 4. The van der Waals surface area contributed by atoms with Gasteiger partial charge in [-0.2, -0.15) is 0 Å². The Labute approximate surface area is 118 Å². The third-order valence-corrected chi connectivity index (χ3v) is 4.39. The first-order valence-electron chi connectivity index (χ1n) is 5.61. The number of hydrogen-bond donors (Lipinski definition) is 0. The second kappa shape index (κ2) is 5.39. The van der Waals surface area contributed by atoms with Gasteiger partial charge in [-0.3, -0.25) is 4.79 Å². The normalized spacial score (nSPS) is 14.1. The molecule has 100 valence electrons. The Morgan fingerprint density at radius 2 is 2.05 bits per heavy atom. The van der Waals surface area contributed by atoms with Gasteiger partial charge in [0.15, 0.2) is 11.6 Å². The third-order valence-electron chi connectivity index (χ3n) is 3.10. The molecule has 5 heteroatoms. The fourth-order valence-corrected chi connectivity index (χ4v) is 2.92. The van der Waals surface area contributed by atoms with Gasteiger partial charge in [0.2, 0.25) is 5.24 Å². The Balaban J connectivity index is 2.43. The average molecular weight is 301 g/mol. The molecule has 0 spiro atoms. The summed E-state index contributed by atoms with van der Waals surface area (Å²) in [6, 6.07) is 7.18. The van der Waals surface area contributed by atoms with E-state index in [0.29, 0.717) is 12.0 Å². The van der Waals surface area contributed by atoms with E-state index in [9.17, 15) is 13.6 Å². The highest BCUT2D eigenvalue weighted by Crippen LogP contribution is 2.33. The van der Waals surface area contributed by atoms with Gasteiger partial charge in [0.1, 0.15) is 0 Å². The standard InChI is InChI=1S/C14H11ClF2OS/c1-14(13(15)18,8-10-3-2-6-19-10)9-4-5-11(16)12(17)7-9/h2-7H,8H2,1H3. The molecule has 0 amide bonds. The molecule has 0 aliphatic rings. The Hall–Kier alpha value is -1.26. The first-order chi connectivity index (χ1) is 8.93. The maximum atomic E-state index is 13.3. The molecular weight excluding hydrogens is 290 g/mol. The molecule has 0 fully saturated rings. The number of halogens is 3. The molecule has 19 heavy (non-hydrogen) atoms. The molecule has 1 atom stereocenters. The number of carbonyl (C=O) groups is 1. The fourth-order valence-electron chi connectivity index (χ4n) is 1.89. The minimum absolute atomic E-state index is 0.359. The van der Waals surface area contributed by atoms with Crippen molar-refractivity contribution in [2.24, 2.45) is 0 Å². The van der Waals surface area contributed by atoms with Crippen LogP contribution in [-0.2, 0) is 16.6 Å². The molecule has 0 aliphatic carbocycles. The minimum atomic E-state index is -1.07. The zero-order valence-electron chi connectivity index (χ0n) is 10.1. The van der Waals surface area contributed by atoms with Crippen LogP contribution in [0, 0.1) is 11.6 Å². The van der Waals surface area contributed by atoms with Gasteiger partial charge < -0.3 is 0 Å². The Kier molecular flexibility index (Phi) is 4.02. The first kappa shape index (κ1) is 14.2. The minimum Gasteiger partial charge on any atom is -0.280 e. The van der Waals surface area contributed by atoms with E-state index in [0.717, 1.165) is 17.0 Å². The number of thiophene rings is 1. The van der Waals surface area contributed by atoms with Gasteiger partial charge in [-0.15, -0.1) is 11.3 Å². The highest BCUT2D eigenvalue weighted by molar-refractivity contribution is 7.09. The van der Waals surface area contributed by atoms with E-state index in [-0.39, 0.29) is 0 Å². The van der Waals surface area contributed by atoms with Gasteiger partial charge in [0, 0.05) is 4.88 Å². The zero-order chi connectivity index (χ0) is 14.0. The largest absolute Gasteiger partial charge is 0.280 e. The second-order valence-corrected chi connectivity index (χ2v) is 5.87. The summed E-state index contributed by atoms with van der Waals surface area (Å²) in [6.07, 6.45) is 0.359. The van der Waals surface area contributed by atoms with Crippen LogP contribution in [0.1, 0.15) is 17.4 Å². The van der Waals surface area contributed by atoms with E-state index in [1.165, 1.54) is 17.4 Å². The van der Waals surface area contributed by atoms with Crippen molar-refractivity contribution >= 4 is 28.2 Å². The Bertz CT molecular complexity index is 597. The smallest absolute Gasteiger partial charge is 0.232 e. The van der Waals surface area contributed by atoms with Gasteiger partial charge >= 0.3 is 0 Å². The SMILES string of the molecule is CC(Cc1cccs1)(C(=O)Cl)c1ccc(F)c(F)c1. The van der Waals surface area contributed by atoms with E-state index in [1.807, 2.05) is 17.5 Å². The lowest BCUT2D eigenvalue weighted by Crippen LogP contribution is -2.31. The summed E-state index contributed by atoms with van der Waals surface area (Å²) in [5.41, 5.74) is -0.694. The molecule has 1 heterocycles. The van der Waals surface area contributed by atoms with E-state index < -0.39 is 22.3 Å². The predicted molar refractivity (Wildman–Crippen MR) is 72.6 cm³/mol. The van der Waals surface area contributed by atoms with Gasteiger partial charge in [-0.05, 0) is 54.1 Å². The Morgan fingerprint density at radius 3 is 2.58 bits per heavy atom. The number of carbonyl (C=O) groups excluding carboxylic acids is 1. The van der Waals surface area contributed by atoms with Gasteiger partial charge in [0.05, 0.1) is 5.41 Å². The molecule has 1 unspecified atom stereocenters. The molecule has 0 radical (unpaired) electrons. The maximum Gasteiger partial charge on any atom is 0.232 e. The van der Waals surface area contributed by atoms with E-state index in [1.54, 1.807) is 6.92 Å². The summed E-state index contributed by atoms with van der Waals surface area (Å²) in [5.74, 6) is -1.92. The molecule has 0 saturated carbocycles. The predicted octanol–water partition coefficient (Wildman–Crippen LogP) is 4.29. The van der Waals surface area contributed by atoms with Crippen molar-refractivity contribution in [2.45, 2.75) is 18.8 Å². The third kappa shape index (κ3) is 2.85. The summed E-state index contributed by atoms with van der Waals surface area (Å²) in [7, 11) is 0. The summed E-state index contributed by atoms with van der Waals surface area (Å²) in [6.45, 7) is 1.63. The lowest BCUT2D eigenvalue weighted by atomic mass is 9.80. The van der Waals surface area contributed by atoms with Crippen molar-refractivity contribution in [1.82, 2.24) is 0 Å². The van der Waals surface area contributed by atoms with Crippen LogP contribution in [0.3, 0.4) is 0 Å². The van der Waals surface area contributed by atoms with Crippen LogP contribution in [0.15, 0.2) is 35.7 Å². The summed E-state index contributed by atoms with van der Waals surface area (Å²) in [4.78, 5) is 12.7. The highest BCUT2D eigenvalue weighted by Gasteiger charge is 2.35. The zero-order valence-corrected chi connectivity index (χ0v) is 11.7. The lowest BCUT2D eigenvalue weighted by molar-refractivity contribution is -0.116. The fraction of sp³-hybridized carbons (Fsp3) is 0.214. The van der Waals surface area contributed by atoms with Crippen LogP contribution >= 0.6 is 22.9 Å². The Morgan fingerprint density at radius 1 is 1.32 bits per heavy atom. The molecule has 2 rings (SSSR count). The number of benzene rings is 1. The molecule has 1 nitrogen and oxygen atoms in total. The summed E-state index contributed by atoms with van der Waals surface area (Å²) < 4.78 is 26.3. The van der Waals surface area contributed by atoms with Crippen molar-refractivity contribution in [1.29, 1.82) is 0 Å². The molecule has 0 saturated heterocycles. The van der Waals surface area contributed by atoms with Crippen molar-refractivity contribution in [3.05, 3.63) is 57.8 Å². The molecule has 2 aromatic rings. The van der Waals surface area contributed by atoms with E-state index in [2.05, 4.69) is 0 Å². The monoisotopic (exact) mass is 300 g/mol. The van der Waals surface area contributed by atoms with E-state index in [4.69, 9.17) is 11.6 Å². The van der Waals surface area contributed by atoms with Crippen LogP contribution < -0.4 is 0 Å². The van der Waals surface area contributed by atoms with Gasteiger partial charge in [-0.1, -0.05) is 12.1 Å². The molecular formula is C14H11ClF2OS. The maximum absolute atomic E-state index is 13.3. The van der Waals surface area contributed by atoms with Crippen molar-refractivity contribution < 1.29 is 13.6 Å². The van der Waals surface area contributed by atoms with Crippen LogP contribution in [0.25, 0.3) is 0 Å². The van der Waals surface area contributed by atoms with Crippen LogP contribution in [-0.4, -0.2) is 5.24 Å². The molecule has 0 N–H and O–H groups in total. The topological polar surface area (TPSA) is 17.1 Å². The highest BCUT2D eigenvalue weighted by atomic mass is 35.5. The van der Waals surface area contributed by atoms with Gasteiger partial charge in [0.25, 0.3) is 0 Å². The van der Waals surface area contributed by atoms with Crippen molar-refractivity contribution in [3.63, 3.8) is 0 Å². The van der Waals surface area contributed by atoms with E-state index >= 15 is 0 Å². The average Bonchev–Trinajstić information content (AvgIpc) is 2.85. The molecule has 0 aliphatic heterocycles. The van der Waals surface area contributed by atoms with Crippen molar-refractivity contribution in [3.8, 4) is 0 Å². The van der Waals surface area contributed by atoms with Crippen molar-refractivity contribution in [2.75, 3.05) is 0 Å². The van der Waals surface area contributed by atoms with Gasteiger partial charge in [-0.25, -0.2) is 8.78 Å². The summed E-state index contributed by atoms with van der Waals surface area (Å²) in [5, 5.41) is 1.30. The first-order valence-corrected chi connectivity index (χ1v) is 6.87. The molecule has 0 bridgehead atoms. The van der Waals surface area contributed by atoms with Crippen LogP contribution in [0.4, 0.5) is 8.78 Å². The molecule has 1 aromatic heterocycles. The molecule has 1 aromatic carbocycles. The lowest BCUT2D eigenvalue weighted by Gasteiger charge is -2.25. The second-order valence-electron chi connectivity index (χ2n) is 4.49. The van der Waals surface area contributed by atoms with Crippen LogP contribution in [0.5, 0.6) is 0 Å². The van der Waals surface area contributed by atoms with Crippen LogP contribution in [0.2, 0.25) is 0 Å². The quantitative estimate of drug-likeness (QED) is 0.770. The summed E-state index contributed by atoms with van der Waals surface area (Å²) >= 11 is 7.17. The number of hydrogen-bond acceptors (Lipinski definition) is 2.